The number of hydrogen-bond acceptors (Lipinski definition) is 5. The van der Waals surface area contributed by atoms with Crippen LogP contribution < -0.4 is 5.73 Å². The van der Waals surface area contributed by atoms with E-state index < -0.39 is 11.5 Å². The van der Waals surface area contributed by atoms with Crippen LogP contribution in [0.1, 0.15) is 97.3 Å². The number of hydrogen-bond donors (Lipinski definition) is 1. The maximum absolute atomic E-state index is 12.4. The van der Waals surface area contributed by atoms with E-state index in [1.165, 1.54) is 44.9 Å². The largest absolute Gasteiger partial charge is 0.464 e. The third-order valence-electron chi connectivity index (χ3n) is 5.28. The van der Waals surface area contributed by atoms with Crippen LogP contribution in [0.2, 0.25) is 0 Å². The maximum atomic E-state index is 12.4. The summed E-state index contributed by atoms with van der Waals surface area (Å²) in [6.07, 6.45) is 18.6. The van der Waals surface area contributed by atoms with Crippen molar-refractivity contribution in [3.63, 3.8) is 0 Å². The van der Waals surface area contributed by atoms with Crippen molar-refractivity contribution < 1.29 is 19.1 Å². The molecule has 0 amide bonds. The highest BCUT2D eigenvalue weighted by atomic mass is 16.5. The summed E-state index contributed by atoms with van der Waals surface area (Å²) in [4.78, 5) is 24.7. The molecule has 29 heavy (non-hydrogen) atoms. The molecule has 0 aromatic carbocycles. The van der Waals surface area contributed by atoms with Gasteiger partial charge in [0.1, 0.15) is 5.54 Å². The van der Waals surface area contributed by atoms with Gasteiger partial charge in [0, 0.05) is 12.0 Å². The first-order valence-corrected chi connectivity index (χ1v) is 11.5. The molecular weight excluding hydrogens is 366 g/mol. The van der Waals surface area contributed by atoms with Crippen LogP contribution in [0.15, 0.2) is 23.8 Å². The van der Waals surface area contributed by atoms with Gasteiger partial charge in [-0.15, -0.1) is 0 Å². The van der Waals surface area contributed by atoms with E-state index in [2.05, 4.69) is 13.8 Å². The van der Waals surface area contributed by atoms with Crippen molar-refractivity contribution in [3.05, 3.63) is 23.8 Å². The smallest absolute Gasteiger partial charge is 0.334 e. The zero-order valence-electron chi connectivity index (χ0n) is 18.5. The van der Waals surface area contributed by atoms with Gasteiger partial charge in [0.25, 0.3) is 0 Å². The Hall–Kier alpha value is -1.62. The second-order valence-corrected chi connectivity index (χ2v) is 8.08. The number of nitrogens with two attached hydrogens (primary N) is 1. The monoisotopic (exact) mass is 407 g/mol. The Kier molecular flexibility index (Phi) is 13.4. The molecule has 0 aromatic heterocycles. The molecule has 0 fully saturated rings. The van der Waals surface area contributed by atoms with Crippen molar-refractivity contribution in [1.82, 2.24) is 0 Å². The molecular formula is C24H41NO4. The second kappa shape index (κ2) is 15.3. The Morgan fingerprint density at radius 3 is 1.97 bits per heavy atom. The van der Waals surface area contributed by atoms with E-state index in [0.29, 0.717) is 18.8 Å². The number of carbonyl (C=O) groups excluding carboxylic acids is 2. The molecule has 5 nitrogen and oxygen atoms in total. The van der Waals surface area contributed by atoms with Gasteiger partial charge in [0.15, 0.2) is 0 Å². The Morgan fingerprint density at radius 2 is 1.38 bits per heavy atom. The van der Waals surface area contributed by atoms with Crippen LogP contribution in [0.3, 0.4) is 0 Å². The van der Waals surface area contributed by atoms with Crippen molar-refractivity contribution in [2.24, 2.45) is 5.73 Å². The summed E-state index contributed by atoms with van der Waals surface area (Å²) in [5.41, 5.74) is 5.37. The Labute approximate surface area is 177 Å². The molecule has 0 saturated carbocycles. The van der Waals surface area contributed by atoms with Crippen LogP contribution in [0.4, 0.5) is 0 Å². The van der Waals surface area contributed by atoms with Gasteiger partial charge in [-0.2, -0.15) is 0 Å². The lowest BCUT2D eigenvalue weighted by Crippen LogP contribution is -2.49. The molecule has 0 saturated heterocycles. The summed E-state index contributed by atoms with van der Waals surface area (Å²) in [6, 6.07) is 0. The predicted molar refractivity (Wildman–Crippen MR) is 117 cm³/mol. The summed E-state index contributed by atoms with van der Waals surface area (Å²) in [7, 11) is 0. The van der Waals surface area contributed by atoms with Gasteiger partial charge in [-0.25, -0.2) is 9.59 Å². The fourth-order valence-electron chi connectivity index (χ4n) is 3.37. The van der Waals surface area contributed by atoms with Crippen molar-refractivity contribution in [2.75, 3.05) is 13.2 Å². The Morgan fingerprint density at radius 1 is 0.862 bits per heavy atom. The van der Waals surface area contributed by atoms with Crippen molar-refractivity contribution >= 4 is 11.9 Å². The highest BCUT2D eigenvalue weighted by Gasteiger charge is 2.37. The number of carbonyl (C=O) groups is 2. The number of unbranched alkanes of at least 4 members (excludes halogenated alkanes) is 10. The first kappa shape index (κ1) is 25.4. The molecule has 0 radical (unpaired) electrons. The lowest BCUT2D eigenvalue weighted by molar-refractivity contribution is -0.148. The highest BCUT2D eigenvalue weighted by molar-refractivity contribution is 5.93. The van der Waals surface area contributed by atoms with E-state index in [1.54, 1.807) is 18.2 Å². The second-order valence-electron chi connectivity index (χ2n) is 8.08. The summed E-state index contributed by atoms with van der Waals surface area (Å²) in [5.74, 6) is -0.863. The van der Waals surface area contributed by atoms with Crippen LogP contribution in [0.5, 0.6) is 0 Å². The first-order valence-electron chi connectivity index (χ1n) is 11.5. The minimum Gasteiger partial charge on any atom is -0.464 e. The summed E-state index contributed by atoms with van der Waals surface area (Å²) in [6.45, 7) is 5.16. The lowest BCUT2D eigenvalue weighted by Gasteiger charge is -2.26. The topological polar surface area (TPSA) is 78.6 Å². The summed E-state index contributed by atoms with van der Waals surface area (Å²) < 4.78 is 10.7. The molecule has 2 N–H and O–H groups in total. The molecule has 1 aliphatic rings. The average molecular weight is 408 g/mol. The molecule has 166 valence electrons. The van der Waals surface area contributed by atoms with Gasteiger partial charge in [-0.3, -0.25) is 0 Å². The fraction of sp³-hybridized carbons (Fsp3) is 0.750. The highest BCUT2D eigenvalue weighted by Crippen LogP contribution is 2.24. The maximum Gasteiger partial charge on any atom is 0.334 e. The lowest BCUT2D eigenvalue weighted by atomic mass is 9.87. The number of esters is 2. The molecule has 1 aliphatic carbocycles. The van der Waals surface area contributed by atoms with E-state index in [0.717, 1.165) is 32.1 Å². The van der Waals surface area contributed by atoms with E-state index in [4.69, 9.17) is 15.2 Å². The number of allylic oxidation sites excluding steroid dienone is 2. The van der Waals surface area contributed by atoms with Crippen molar-refractivity contribution in [1.29, 1.82) is 0 Å². The van der Waals surface area contributed by atoms with Gasteiger partial charge in [0.05, 0.1) is 13.2 Å². The molecule has 1 unspecified atom stereocenters. The number of rotatable bonds is 16. The van der Waals surface area contributed by atoms with Gasteiger partial charge in [-0.05, 0) is 12.8 Å². The standard InChI is InChI=1S/C24H41NO4/c1-3-5-7-9-11-13-18-28-22(26)21-16-15-17-24(25,20-21)23(27)29-19-14-12-10-8-6-4-2/h15-17H,3-14,18-20,25H2,1-2H3. The SMILES string of the molecule is CCCCCCCCOC(=O)C1=CC=CC(N)(C(=O)OCCCCCCCC)C1. The molecule has 5 heteroatoms. The third kappa shape index (κ3) is 10.6. The Bertz CT molecular complexity index is 541. The first-order chi connectivity index (χ1) is 14.0. The van der Waals surface area contributed by atoms with E-state index >= 15 is 0 Å². The van der Waals surface area contributed by atoms with Gasteiger partial charge < -0.3 is 15.2 Å². The van der Waals surface area contributed by atoms with Crippen molar-refractivity contribution in [2.45, 2.75) is 103 Å². The molecule has 0 heterocycles. The van der Waals surface area contributed by atoms with E-state index in [-0.39, 0.29) is 12.4 Å². The van der Waals surface area contributed by atoms with Crippen LogP contribution in [-0.4, -0.2) is 30.7 Å². The summed E-state index contributed by atoms with van der Waals surface area (Å²) >= 11 is 0. The van der Waals surface area contributed by atoms with Gasteiger partial charge in [-0.1, -0.05) is 96.3 Å². The zero-order chi connectivity index (χ0) is 21.4. The molecule has 1 atom stereocenters. The summed E-state index contributed by atoms with van der Waals surface area (Å²) in [5, 5.41) is 0. The zero-order valence-corrected chi connectivity index (χ0v) is 18.5. The van der Waals surface area contributed by atoms with Gasteiger partial charge >= 0.3 is 11.9 Å². The average Bonchev–Trinajstić information content (AvgIpc) is 2.72. The Balaban J connectivity index is 2.28. The minimum absolute atomic E-state index is 0.119. The molecule has 0 spiro atoms. The number of ether oxygens (including phenoxy) is 2. The van der Waals surface area contributed by atoms with E-state index in [9.17, 15) is 9.59 Å². The predicted octanol–water partition coefficient (Wildman–Crippen LogP) is 5.38. The molecule has 0 aromatic rings. The van der Waals surface area contributed by atoms with Crippen LogP contribution in [0, 0.1) is 0 Å². The van der Waals surface area contributed by atoms with Crippen LogP contribution >= 0.6 is 0 Å². The normalized spacial score (nSPS) is 18.4. The van der Waals surface area contributed by atoms with E-state index in [1.807, 2.05) is 0 Å². The van der Waals surface area contributed by atoms with Crippen LogP contribution in [0.25, 0.3) is 0 Å². The molecule has 0 aliphatic heterocycles. The van der Waals surface area contributed by atoms with Gasteiger partial charge in [0.2, 0.25) is 0 Å². The minimum atomic E-state index is -1.29. The molecule has 0 bridgehead atoms. The quantitative estimate of drug-likeness (QED) is 0.274. The third-order valence-corrected chi connectivity index (χ3v) is 5.28. The van der Waals surface area contributed by atoms with Crippen LogP contribution in [-0.2, 0) is 19.1 Å². The van der Waals surface area contributed by atoms with Crippen molar-refractivity contribution in [3.8, 4) is 0 Å². The fourth-order valence-corrected chi connectivity index (χ4v) is 3.37. The molecule has 1 rings (SSSR count).